The predicted molar refractivity (Wildman–Crippen MR) is 77.8 cm³/mol. The average molecular weight is 592 g/mol. The largest absolute Gasteiger partial charge is 0.487 e. The van der Waals surface area contributed by atoms with E-state index < -0.39 is 94.8 Å². The molecule has 0 unspecified atom stereocenters. The fourth-order valence-corrected chi connectivity index (χ4v) is 2.50. The highest BCUT2D eigenvalue weighted by Crippen LogP contribution is 2.60. The number of halogens is 17. The fraction of sp³-hybridized carbons (Fsp3) is 0.571. The van der Waals surface area contributed by atoms with E-state index in [9.17, 15) is 74.6 Å². The Morgan fingerprint density at radius 1 is 0.611 bits per heavy atom. The lowest BCUT2D eigenvalue weighted by atomic mass is 9.93. The molecular weight excluding hydrogens is 587 g/mol. The van der Waals surface area contributed by atoms with E-state index >= 15 is 0 Å². The highest BCUT2D eigenvalue weighted by Gasteiger charge is 2.90. The smallest absolute Gasteiger partial charge is 0.460 e. The number of rotatable bonds is 11. The van der Waals surface area contributed by atoms with Gasteiger partial charge in [0, 0.05) is 0 Å². The molecule has 0 radical (unpaired) electrons. The molecule has 0 aliphatic rings. The summed E-state index contributed by atoms with van der Waals surface area (Å²) < 4.78 is 231. The van der Waals surface area contributed by atoms with E-state index in [0.29, 0.717) is 0 Å². The maximum atomic E-state index is 13.7. The second-order valence-electron chi connectivity index (χ2n) is 6.24. The summed E-state index contributed by atoms with van der Waals surface area (Å²) in [5, 5.41) is 10.7. The number of hydrogen-bond donors (Lipinski definition) is 1. The summed E-state index contributed by atoms with van der Waals surface area (Å²) in [5.41, 5.74) is 0. The molecule has 36 heavy (non-hydrogen) atoms. The minimum absolute atomic E-state index is 0.722. The maximum Gasteiger partial charge on any atom is 0.460 e. The first-order valence-corrected chi connectivity index (χ1v) is 8.77. The molecule has 0 fully saturated rings. The number of ether oxygens (including phenoxy) is 1. The van der Waals surface area contributed by atoms with Gasteiger partial charge in [-0.2, -0.15) is 65.9 Å². The van der Waals surface area contributed by atoms with Gasteiger partial charge in [0.15, 0.2) is 17.4 Å². The highest BCUT2D eigenvalue weighted by atomic mass is 32.2. The summed E-state index contributed by atoms with van der Waals surface area (Å²) in [4.78, 5) is -1.75. The first-order chi connectivity index (χ1) is 15.9. The van der Waals surface area contributed by atoms with Crippen LogP contribution in [0.1, 0.15) is 6.42 Å². The predicted octanol–water partition coefficient (Wildman–Crippen LogP) is 7.18. The number of hydrogen-bond acceptors (Lipinski definition) is 5. The standard InChI is InChI=1S/C14H5F17O4S/c15-3-5(17)8(36-35-34-32)6(18)4(16)7(3)33-2-1-9(19,20)10(21,22)11(23,24)12(25,26)13(27,28)14(29,30)31/h32H,1-2H2. The van der Waals surface area contributed by atoms with E-state index in [2.05, 4.69) is 14.1 Å². The van der Waals surface area contributed by atoms with Gasteiger partial charge in [-0.1, -0.05) is 5.04 Å². The molecule has 0 heterocycles. The van der Waals surface area contributed by atoms with Gasteiger partial charge in [0.2, 0.25) is 11.6 Å². The van der Waals surface area contributed by atoms with Crippen molar-refractivity contribution in [3.63, 3.8) is 0 Å². The van der Waals surface area contributed by atoms with Gasteiger partial charge >= 0.3 is 35.8 Å². The van der Waals surface area contributed by atoms with Gasteiger partial charge in [0.25, 0.3) is 0 Å². The summed E-state index contributed by atoms with van der Waals surface area (Å²) in [6.07, 6.45) is -10.7. The van der Waals surface area contributed by atoms with Crippen LogP contribution in [0, 0.1) is 23.3 Å². The third-order valence-corrected chi connectivity index (χ3v) is 4.65. The molecule has 0 aliphatic carbocycles. The molecule has 1 rings (SSSR count). The van der Waals surface area contributed by atoms with Crippen LogP contribution < -0.4 is 4.74 Å². The molecule has 0 spiro atoms. The molecule has 0 bridgehead atoms. The SMILES string of the molecule is OOOSc1c(F)c(F)c(OCCC(F)(F)C(F)(F)C(F)(F)C(F)(F)C(F)(F)C(F)(F)F)c(F)c1F. The van der Waals surface area contributed by atoms with Crippen molar-refractivity contribution < 1.29 is 94.0 Å². The van der Waals surface area contributed by atoms with Crippen LogP contribution >= 0.6 is 12.0 Å². The van der Waals surface area contributed by atoms with E-state index in [0.717, 1.165) is 0 Å². The van der Waals surface area contributed by atoms with Crippen LogP contribution in [0.25, 0.3) is 0 Å². The highest BCUT2D eigenvalue weighted by molar-refractivity contribution is 7.94. The number of alkyl halides is 13. The molecule has 0 saturated carbocycles. The topological polar surface area (TPSA) is 47.9 Å². The van der Waals surface area contributed by atoms with Gasteiger partial charge in [-0.3, -0.25) is 0 Å². The minimum Gasteiger partial charge on any atom is -0.487 e. The minimum atomic E-state index is -8.16. The first kappa shape index (κ1) is 32.1. The monoisotopic (exact) mass is 592 g/mol. The van der Waals surface area contributed by atoms with Gasteiger partial charge in [-0.05, 0) is 0 Å². The Bertz CT molecular complexity index is 919. The van der Waals surface area contributed by atoms with E-state index in [1.54, 1.807) is 0 Å². The second kappa shape index (κ2) is 10.1. The molecular formula is C14H5F17O4S. The van der Waals surface area contributed by atoms with Crippen molar-refractivity contribution in [3.05, 3.63) is 23.3 Å². The van der Waals surface area contributed by atoms with Crippen molar-refractivity contribution in [2.24, 2.45) is 0 Å². The van der Waals surface area contributed by atoms with Crippen molar-refractivity contribution >= 4 is 12.0 Å². The van der Waals surface area contributed by atoms with Crippen molar-refractivity contribution in [1.29, 1.82) is 0 Å². The summed E-state index contributed by atoms with van der Waals surface area (Å²) in [6, 6.07) is 0. The van der Waals surface area contributed by atoms with E-state index in [1.807, 2.05) is 0 Å². The summed E-state index contributed by atoms with van der Waals surface area (Å²) in [6.45, 7) is -2.38. The van der Waals surface area contributed by atoms with Crippen LogP contribution in [0.5, 0.6) is 5.75 Å². The fourth-order valence-electron chi connectivity index (χ4n) is 2.08. The van der Waals surface area contributed by atoms with Crippen LogP contribution in [0.2, 0.25) is 0 Å². The first-order valence-electron chi connectivity index (χ1n) is 8.03. The lowest BCUT2D eigenvalue weighted by molar-refractivity contribution is -0.440. The Kier molecular flexibility index (Phi) is 8.99. The molecule has 4 nitrogen and oxygen atoms in total. The molecule has 0 aliphatic heterocycles. The summed E-state index contributed by atoms with van der Waals surface area (Å²) in [5.74, 6) is -51.0. The van der Waals surface area contributed by atoms with Crippen molar-refractivity contribution in [3.8, 4) is 5.75 Å². The molecule has 210 valence electrons. The lowest BCUT2D eigenvalue weighted by Crippen LogP contribution is -2.70. The lowest BCUT2D eigenvalue weighted by Gasteiger charge is -2.39. The molecule has 0 saturated heterocycles. The third kappa shape index (κ3) is 5.08. The summed E-state index contributed by atoms with van der Waals surface area (Å²) >= 11 is -0.722. The van der Waals surface area contributed by atoms with E-state index in [-0.39, 0.29) is 0 Å². The third-order valence-electron chi connectivity index (χ3n) is 3.99. The normalized spacial score (nSPS) is 14.4. The zero-order valence-electron chi connectivity index (χ0n) is 15.9. The summed E-state index contributed by atoms with van der Waals surface area (Å²) in [7, 11) is 0. The van der Waals surface area contributed by atoms with Crippen LogP contribution in [0.4, 0.5) is 74.6 Å². The van der Waals surface area contributed by atoms with Crippen LogP contribution in [0.15, 0.2) is 4.90 Å². The van der Waals surface area contributed by atoms with Gasteiger partial charge < -0.3 is 4.74 Å². The van der Waals surface area contributed by atoms with Gasteiger partial charge in [0.05, 0.1) is 25.1 Å². The van der Waals surface area contributed by atoms with Gasteiger partial charge in [-0.25, -0.2) is 14.0 Å². The average Bonchev–Trinajstić information content (AvgIpc) is 2.73. The van der Waals surface area contributed by atoms with Crippen molar-refractivity contribution in [2.45, 2.75) is 47.1 Å². The second-order valence-corrected chi connectivity index (χ2v) is 6.95. The Labute approximate surface area is 189 Å². The van der Waals surface area contributed by atoms with E-state index in [1.165, 1.54) is 0 Å². The van der Waals surface area contributed by atoms with Crippen LogP contribution in [-0.4, -0.2) is 47.7 Å². The van der Waals surface area contributed by atoms with Gasteiger partial charge in [0.1, 0.15) is 4.90 Å². The zero-order valence-corrected chi connectivity index (χ0v) is 16.7. The molecule has 0 aromatic heterocycles. The van der Waals surface area contributed by atoms with Gasteiger partial charge in [-0.15, -0.1) is 4.33 Å². The maximum absolute atomic E-state index is 13.7. The molecule has 0 amide bonds. The molecule has 1 N–H and O–H groups in total. The Morgan fingerprint density at radius 3 is 1.42 bits per heavy atom. The Hall–Kier alpha value is -1.94. The van der Waals surface area contributed by atoms with Crippen molar-refractivity contribution in [1.82, 2.24) is 0 Å². The Morgan fingerprint density at radius 2 is 1.03 bits per heavy atom. The van der Waals surface area contributed by atoms with Crippen LogP contribution in [-0.2, 0) is 9.37 Å². The molecule has 22 heteroatoms. The Balaban J connectivity index is 3.25. The van der Waals surface area contributed by atoms with Crippen LogP contribution in [0.3, 0.4) is 0 Å². The number of benzene rings is 1. The molecule has 0 atom stereocenters. The zero-order chi connectivity index (χ0) is 28.7. The molecule has 1 aromatic carbocycles. The van der Waals surface area contributed by atoms with E-state index in [4.69, 9.17) is 5.26 Å². The quantitative estimate of drug-likeness (QED) is 0.0971. The molecule has 1 aromatic rings. The van der Waals surface area contributed by atoms with Crippen molar-refractivity contribution in [2.75, 3.05) is 6.61 Å².